The van der Waals surface area contributed by atoms with Crippen molar-refractivity contribution < 1.29 is 0 Å². The molecule has 22 heavy (non-hydrogen) atoms. The van der Waals surface area contributed by atoms with Crippen molar-refractivity contribution in [1.82, 2.24) is 9.88 Å². The molecule has 0 spiro atoms. The van der Waals surface area contributed by atoms with Crippen molar-refractivity contribution in [2.24, 2.45) is 0 Å². The third-order valence-electron chi connectivity index (χ3n) is 4.07. The Hall–Kier alpha value is -2.27. The highest BCUT2D eigenvalue weighted by molar-refractivity contribution is 5.67. The number of pyridine rings is 1. The van der Waals surface area contributed by atoms with E-state index in [2.05, 4.69) is 39.3 Å². The van der Waals surface area contributed by atoms with Crippen LogP contribution in [-0.4, -0.2) is 43.1 Å². The van der Waals surface area contributed by atoms with Gasteiger partial charge in [-0.15, -0.1) is 0 Å². The number of aromatic nitrogens is 1. The highest BCUT2D eigenvalue weighted by atomic mass is 15.2. The minimum Gasteiger partial charge on any atom is -0.396 e. The number of benzene rings is 1. The van der Waals surface area contributed by atoms with E-state index in [0.29, 0.717) is 5.69 Å². The Bertz CT molecular complexity index is 606. The summed E-state index contributed by atoms with van der Waals surface area (Å²) in [6, 6.07) is 12.3. The molecule has 1 fully saturated rings. The standard InChI is InChI=1S/C17H23N5/c1-21-7-9-22(10-8-21)15-11-16(18)17(20-13-15)19-12-14-5-3-2-4-6-14/h2-6,11,13H,7-10,12,18H2,1H3,(H,19,20). The Morgan fingerprint density at radius 3 is 2.55 bits per heavy atom. The number of nitrogens with one attached hydrogen (secondary N) is 1. The molecule has 1 aliphatic heterocycles. The lowest BCUT2D eigenvalue weighted by Crippen LogP contribution is -2.44. The summed E-state index contributed by atoms with van der Waals surface area (Å²) in [5.74, 6) is 0.752. The summed E-state index contributed by atoms with van der Waals surface area (Å²) in [4.78, 5) is 9.17. The van der Waals surface area contributed by atoms with Crippen LogP contribution in [0.1, 0.15) is 5.56 Å². The topological polar surface area (TPSA) is 57.4 Å². The zero-order chi connectivity index (χ0) is 15.4. The molecule has 3 N–H and O–H groups in total. The van der Waals surface area contributed by atoms with Crippen LogP contribution >= 0.6 is 0 Å². The van der Waals surface area contributed by atoms with Crippen LogP contribution in [-0.2, 0) is 6.54 Å². The third kappa shape index (κ3) is 3.49. The molecule has 5 heteroatoms. The number of piperazine rings is 1. The fraction of sp³-hybridized carbons (Fsp3) is 0.353. The van der Waals surface area contributed by atoms with Crippen molar-refractivity contribution in [2.45, 2.75) is 6.54 Å². The van der Waals surface area contributed by atoms with Gasteiger partial charge in [0.1, 0.15) is 5.82 Å². The third-order valence-corrected chi connectivity index (χ3v) is 4.07. The number of likely N-dealkylation sites (N-methyl/N-ethyl adjacent to an activating group) is 1. The Morgan fingerprint density at radius 1 is 1.14 bits per heavy atom. The van der Waals surface area contributed by atoms with Crippen LogP contribution in [0.4, 0.5) is 17.2 Å². The van der Waals surface area contributed by atoms with Crippen LogP contribution in [0.2, 0.25) is 0 Å². The van der Waals surface area contributed by atoms with E-state index in [0.717, 1.165) is 44.2 Å². The first kappa shape index (κ1) is 14.7. The lowest BCUT2D eigenvalue weighted by atomic mass is 10.2. The van der Waals surface area contributed by atoms with Crippen LogP contribution < -0.4 is 16.0 Å². The molecule has 116 valence electrons. The zero-order valence-electron chi connectivity index (χ0n) is 13.0. The average molecular weight is 297 g/mol. The average Bonchev–Trinajstić information content (AvgIpc) is 2.55. The SMILES string of the molecule is CN1CCN(c2cnc(NCc3ccccc3)c(N)c2)CC1. The van der Waals surface area contributed by atoms with Gasteiger partial charge in [0.2, 0.25) is 0 Å². The number of nitrogens with zero attached hydrogens (tertiary/aromatic N) is 3. The van der Waals surface area contributed by atoms with E-state index in [1.165, 1.54) is 5.56 Å². The predicted octanol–water partition coefficient (Wildman–Crippen LogP) is 2.03. The largest absolute Gasteiger partial charge is 0.396 e. The molecular weight excluding hydrogens is 274 g/mol. The lowest BCUT2D eigenvalue weighted by Gasteiger charge is -2.34. The number of nitrogen functional groups attached to an aromatic ring is 1. The van der Waals surface area contributed by atoms with Crippen molar-refractivity contribution in [3.8, 4) is 0 Å². The van der Waals surface area contributed by atoms with Gasteiger partial charge in [-0.25, -0.2) is 4.98 Å². The van der Waals surface area contributed by atoms with Gasteiger partial charge in [0.25, 0.3) is 0 Å². The number of hydrogen-bond donors (Lipinski definition) is 2. The molecular formula is C17H23N5. The summed E-state index contributed by atoms with van der Waals surface area (Å²) >= 11 is 0. The Morgan fingerprint density at radius 2 is 1.86 bits per heavy atom. The van der Waals surface area contributed by atoms with Crippen molar-refractivity contribution in [2.75, 3.05) is 49.2 Å². The minimum absolute atomic E-state index is 0.701. The van der Waals surface area contributed by atoms with Crippen LogP contribution in [0.25, 0.3) is 0 Å². The molecule has 1 saturated heterocycles. The molecule has 0 atom stereocenters. The second-order valence-electron chi connectivity index (χ2n) is 5.76. The van der Waals surface area contributed by atoms with Gasteiger partial charge >= 0.3 is 0 Å². The molecule has 2 heterocycles. The smallest absolute Gasteiger partial charge is 0.149 e. The molecule has 0 saturated carbocycles. The van der Waals surface area contributed by atoms with Gasteiger partial charge in [-0.05, 0) is 18.7 Å². The fourth-order valence-electron chi connectivity index (χ4n) is 2.64. The Labute approximate surface area is 131 Å². The number of hydrogen-bond acceptors (Lipinski definition) is 5. The van der Waals surface area contributed by atoms with Crippen molar-refractivity contribution in [1.29, 1.82) is 0 Å². The molecule has 0 unspecified atom stereocenters. The maximum atomic E-state index is 6.16. The van der Waals surface area contributed by atoms with Crippen LogP contribution in [0, 0.1) is 0 Å². The summed E-state index contributed by atoms with van der Waals surface area (Å²) in [6.45, 7) is 4.93. The first-order valence-electron chi connectivity index (χ1n) is 7.69. The highest BCUT2D eigenvalue weighted by Gasteiger charge is 2.15. The number of anilines is 3. The van der Waals surface area contributed by atoms with E-state index in [-0.39, 0.29) is 0 Å². The van der Waals surface area contributed by atoms with E-state index in [4.69, 9.17) is 5.73 Å². The van der Waals surface area contributed by atoms with Gasteiger partial charge in [0.05, 0.1) is 17.6 Å². The van der Waals surface area contributed by atoms with Crippen LogP contribution in [0.15, 0.2) is 42.6 Å². The van der Waals surface area contributed by atoms with E-state index in [9.17, 15) is 0 Å². The van der Waals surface area contributed by atoms with Gasteiger partial charge in [0.15, 0.2) is 0 Å². The van der Waals surface area contributed by atoms with Crippen molar-refractivity contribution in [3.05, 3.63) is 48.2 Å². The van der Waals surface area contributed by atoms with Crippen molar-refractivity contribution in [3.63, 3.8) is 0 Å². The maximum Gasteiger partial charge on any atom is 0.149 e. The Balaban J connectivity index is 1.64. The highest BCUT2D eigenvalue weighted by Crippen LogP contribution is 2.23. The monoisotopic (exact) mass is 297 g/mol. The molecule has 0 bridgehead atoms. The second kappa shape index (κ2) is 6.66. The summed E-state index contributed by atoms with van der Waals surface area (Å²) in [6.07, 6.45) is 1.91. The molecule has 2 aromatic rings. The van der Waals surface area contributed by atoms with Crippen LogP contribution in [0.5, 0.6) is 0 Å². The number of nitrogens with two attached hydrogens (primary N) is 1. The minimum atomic E-state index is 0.701. The normalized spacial score (nSPS) is 15.8. The summed E-state index contributed by atoms with van der Waals surface area (Å²) < 4.78 is 0. The van der Waals surface area contributed by atoms with E-state index < -0.39 is 0 Å². The maximum absolute atomic E-state index is 6.16. The lowest BCUT2D eigenvalue weighted by molar-refractivity contribution is 0.313. The van der Waals surface area contributed by atoms with E-state index in [1.54, 1.807) is 0 Å². The summed E-state index contributed by atoms with van der Waals surface area (Å²) in [7, 11) is 2.15. The van der Waals surface area contributed by atoms with Gasteiger partial charge in [0, 0.05) is 32.7 Å². The van der Waals surface area contributed by atoms with Gasteiger partial charge in [-0.1, -0.05) is 30.3 Å². The molecule has 1 aromatic carbocycles. The molecule has 0 radical (unpaired) electrons. The molecule has 3 rings (SSSR count). The molecule has 1 aliphatic rings. The van der Waals surface area contributed by atoms with Crippen molar-refractivity contribution >= 4 is 17.2 Å². The first-order valence-corrected chi connectivity index (χ1v) is 7.69. The Kier molecular flexibility index (Phi) is 4.44. The fourth-order valence-corrected chi connectivity index (χ4v) is 2.64. The van der Waals surface area contributed by atoms with Crippen LogP contribution in [0.3, 0.4) is 0 Å². The first-order chi connectivity index (χ1) is 10.7. The van der Waals surface area contributed by atoms with E-state index in [1.807, 2.05) is 30.5 Å². The quantitative estimate of drug-likeness (QED) is 0.904. The summed E-state index contributed by atoms with van der Waals surface area (Å²) in [5.41, 5.74) is 9.18. The second-order valence-corrected chi connectivity index (χ2v) is 5.76. The van der Waals surface area contributed by atoms with Gasteiger partial charge in [-0.2, -0.15) is 0 Å². The zero-order valence-corrected chi connectivity index (χ0v) is 13.0. The molecule has 0 aliphatic carbocycles. The van der Waals surface area contributed by atoms with E-state index >= 15 is 0 Å². The predicted molar refractivity (Wildman–Crippen MR) is 92.1 cm³/mol. The van der Waals surface area contributed by atoms with Gasteiger partial charge < -0.3 is 20.9 Å². The number of rotatable bonds is 4. The van der Waals surface area contributed by atoms with Gasteiger partial charge in [-0.3, -0.25) is 0 Å². The molecule has 1 aromatic heterocycles. The molecule has 0 amide bonds. The summed E-state index contributed by atoms with van der Waals surface area (Å²) in [5, 5.41) is 3.30. The molecule has 5 nitrogen and oxygen atoms in total.